The van der Waals surface area contributed by atoms with Crippen LogP contribution in [0.1, 0.15) is 20.3 Å². The van der Waals surface area contributed by atoms with Gasteiger partial charge in [0.1, 0.15) is 0 Å². The van der Waals surface area contributed by atoms with Crippen molar-refractivity contribution in [2.24, 2.45) is 5.73 Å². The quantitative estimate of drug-likeness (QED) is 0.536. The van der Waals surface area contributed by atoms with Gasteiger partial charge in [0.15, 0.2) is 0 Å². The fraction of sp³-hybridized carbons (Fsp3) is 1.00. The standard InChI is InChI=1S/C9H21NO3/c1-9(2,13-7-4-10)3-6-12-8-5-11/h11H,3-8,10H2,1-2H3. The van der Waals surface area contributed by atoms with E-state index in [4.69, 9.17) is 20.3 Å². The van der Waals surface area contributed by atoms with E-state index in [2.05, 4.69) is 0 Å². The lowest BCUT2D eigenvalue weighted by molar-refractivity contribution is -0.0395. The van der Waals surface area contributed by atoms with Crippen molar-refractivity contribution in [1.29, 1.82) is 0 Å². The monoisotopic (exact) mass is 191 g/mol. The van der Waals surface area contributed by atoms with Crippen molar-refractivity contribution >= 4 is 0 Å². The molecule has 0 aliphatic heterocycles. The molecular formula is C9H21NO3. The molecule has 0 saturated carbocycles. The van der Waals surface area contributed by atoms with E-state index < -0.39 is 0 Å². The molecule has 0 radical (unpaired) electrons. The molecular weight excluding hydrogens is 170 g/mol. The van der Waals surface area contributed by atoms with E-state index in [-0.39, 0.29) is 12.2 Å². The average Bonchev–Trinajstić information content (AvgIpc) is 2.09. The smallest absolute Gasteiger partial charge is 0.0697 e. The van der Waals surface area contributed by atoms with Crippen LogP contribution in [-0.2, 0) is 9.47 Å². The summed E-state index contributed by atoms with van der Waals surface area (Å²) in [5.74, 6) is 0. The maximum atomic E-state index is 8.46. The van der Waals surface area contributed by atoms with Gasteiger partial charge < -0.3 is 20.3 Å². The molecule has 0 bridgehead atoms. The number of rotatable bonds is 8. The first-order chi connectivity index (χ1) is 6.12. The molecule has 0 unspecified atom stereocenters. The third kappa shape index (κ3) is 8.18. The van der Waals surface area contributed by atoms with Gasteiger partial charge in [-0.2, -0.15) is 0 Å². The lowest BCUT2D eigenvalue weighted by Crippen LogP contribution is -2.29. The van der Waals surface area contributed by atoms with Crippen LogP contribution >= 0.6 is 0 Å². The molecule has 0 amide bonds. The summed E-state index contributed by atoms with van der Waals surface area (Å²) in [4.78, 5) is 0. The average molecular weight is 191 g/mol. The van der Waals surface area contributed by atoms with Crippen LogP contribution in [0.2, 0.25) is 0 Å². The van der Waals surface area contributed by atoms with Gasteiger partial charge in [-0.25, -0.2) is 0 Å². The molecule has 0 heterocycles. The van der Waals surface area contributed by atoms with Gasteiger partial charge in [0.2, 0.25) is 0 Å². The molecule has 3 N–H and O–H groups in total. The van der Waals surface area contributed by atoms with Crippen LogP contribution in [0.5, 0.6) is 0 Å². The summed E-state index contributed by atoms with van der Waals surface area (Å²) in [6, 6.07) is 0. The second-order valence-corrected chi connectivity index (χ2v) is 3.48. The Labute approximate surface area is 80.0 Å². The number of hydrogen-bond donors (Lipinski definition) is 2. The van der Waals surface area contributed by atoms with Crippen LogP contribution in [-0.4, -0.2) is 43.7 Å². The molecule has 0 aromatic rings. The van der Waals surface area contributed by atoms with Crippen molar-refractivity contribution in [1.82, 2.24) is 0 Å². The van der Waals surface area contributed by atoms with E-state index >= 15 is 0 Å². The maximum Gasteiger partial charge on any atom is 0.0697 e. The summed E-state index contributed by atoms with van der Waals surface area (Å²) >= 11 is 0. The first-order valence-electron chi connectivity index (χ1n) is 4.65. The van der Waals surface area contributed by atoms with Crippen LogP contribution in [0.25, 0.3) is 0 Å². The molecule has 0 fully saturated rings. The first-order valence-corrected chi connectivity index (χ1v) is 4.65. The molecule has 0 saturated heterocycles. The van der Waals surface area contributed by atoms with Crippen molar-refractivity contribution < 1.29 is 14.6 Å². The third-order valence-electron chi connectivity index (χ3n) is 1.69. The summed E-state index contributed by atoms with van der Waals surface area (Å²) in [6.07, 6.45) is 0.812. The molecule has 4 heteroatoms. The highest BCUT2D eigenvalue weighted by Gasteiger charge is 2.17. The summed E-state index contributed by atoms with van der Waals surface area (Å²) in [7, 11) is 0. The molecule has 13 heavy (non-hydrogen) atoms. The van der Waals surface area contributed by atoms with Crippen molar-refractivity contribution in [3.8, 4) is 0 Å². The van der Waals surface area contributed by atoms with Gasteiger partial charge in [0.25, 0.3) is 0 Å². The number of nitrogens with two attached hydrogens (primary N) is 1. The third-order valence-corrected chi connectivity index (χ3v) is 1.69. The zero-order valence-electron chi connectivity index (χ0n) is 8.58. The van der Waals surface area contributed by atoms with Crippen LogP contribution in [0, 0.1) is 0 Å². The van der Waals surface area contributed by atoms with Crippen LogP contribution < -0.4 is 5.73 Å². The summed E-state index contributed by atoms with van der Waals surface area (Å²) < 4.78 is 10.6. The minimum atomic E-state index is -0.186. The highest BCUT2D eigenvalue weighted by atomic mass is 16.5. The first kappa shape index (κ1) is 12.8. The molecule has 0 atom stereocenters. The molecule has 4 nitrogen and oxygen atoms in total. The second kappa shape index (κ2) is 7.26. The van der Waals surface area contributed by atoms with Gasteiger partial charge in [-0.3, -0.25) is 0 Å². The molecule has 0 aliphatic carbocycles. The van der Waals surface area contributed by atoms with Crippen LogP contribution in [0.15, 0.2) is 0 Å². The van der Waals surface area contributed by atoms with Gasteiger partial charge in [-0.1, -0.05) is 0 Å². The second-order valence-electron chi connectivity index (χ2n) is 3.48. The van der Waals surface area contributed by atoms with Crippen molar-refractivity contribution in [2.75, 3.05) is 33.0 Å². The predicted octanol–water partition coefficient (Wildman–Crippen LogP) is 0.139. The Morgan fingerprint density at radius 3 is 2.46 bits per heavy atom. The van der Waals surface area contributed by atoms with Gasteiger partial charge in [-0.15, -0.1) is 0 Å². The van der Waals surface area contributed by atoms with E-state index in [0.717, 1.165) is 6.42 Å². The van der Waals surface area contributed by atoms with E-state index in [1.807, 2.05) is 13.8 Å². The molecule has 80 valence electrons. The molecule has 0 aromatic carbocycles. The number of ether oxygens (including phenoxy) is 2. The zero-order valence-corrected chi connectivity index (χ0v) is 8.58. The van der Waals surface area contributed by atoms with E-state index in [1.165, 1.54) is 0 Å². The maximum absolute atomic E-state index is 8.46. The lowest BCUT2D eigenvalue weighted by Gasteiger charge is -2.24. The zero-order chi connectivity index (χ0) is 10.2. The fourth-order valence-electron chi connectivity index (χ4n) is 0.892. The topological polar surface area (TPSA) is 64.7 Å². The van der Waals surface area contributed by atoms with E-state index in [9.17, 15) is 0 Å². The summed E-state index contributed by atoms with van der Waals surface area (Å²) in [5, 5.41) is 8.46. The van der Waals surface area contributed by atoms with Gasteiger partial charge in [0.05, 0.1) is 25.4 Å². The molecule has 0 rings (SSSR count). The minimum absolute atomic E-state index is 0.0735. The molecule has 0 aliphatic rings. The Kier molecular flexibility index (Phi) is 7.17. The minimum Gasteiger partial charge on any atom is -0.394 e. The predicted molar refractivity (Wildman–Crippen MR) is 51.6 cm³/mol. The number of aliphatic hydroxyl groups excluding tert-OH is 1. The van der Waals surface area contributed by atoms with Gasteiger partial charge >= 0.3 is 0 Å². The summed E-state index contributed by atoms with van der Waals surface area (Å²) in [6.45, 7) is 6.21. The normalized spacial score (nSPS) is 12.0. The Balaban J connectivity index is 3.39. The molecule has 0 aromatic heterocycles. The largest absolute Gasteiger partial charge is 0.394 e. The lowest BCUT2D eigenvalue weighted by atomic mass is 10.1. The Hall–Kier alpha value is -0.160. The Morgan fingerprint density at radius 1 is 1.23 bits per heavy atom. The van der Waals surface area contributed by atoms with Crippen LogP contribution in [0.3, 0.4) is 0 Å². The summed E-state index contributed by atoms with van der Waals surface area (Å²) in [5.41, 5.74) is 5.14. The molecule has 0 spiro atoms. The van der Waals surface area contributed by atoms with E-state index in [1.54, 1.807) is 0 Å². The highest BCUT2D eigenvalue weighted by Crippen LogP contribution is 2.13. The number of aliphatic hydroxyl groups is 1. The fourth-order valence-corrected chi connectivity index (χ4v) is 0.892. The van der Waals surface area contributed by atoms with E-state index in [0.29, 0.717) is 26.4 Å². The van der Waals surface area contributed by atoms with Gasteiger partial charge in [-0.05, 0) is 20.3 Å². The Morgan fingerprint density at radius 2 is 1.92 bits per heavy atom. The van der Waals surface area contributed by atoms with Crippen molar-refractivity contribution in [3.63, 3.8) is 0 Å². The SMILES string of the molecule is CC(C)(CCOCCO)OCCN. The van der Waals surface area contributed by atoms with Gasteiger partial charge in [0, 0.05) is 13.2 Å². The number of hydrogen-bond acceptors (Lipinski definition) is 4. The highest BCUT2D eigenvalue weighted by molar-refractivity contribution is 4.67. The Bertz CT molecular complexity index is 117. The van der Waals surface area contributed by atoms with Crippen molar-refractivity contribution in [3.05, 3.63) is 0 Å². The van der Waals surface area contributed by atoms with Crippen molar-refractivity contribution in [2.45, 2.75) is 25.9 Å². The van der Waals surface area contributed by atoms with Crippen LogP contribution in [0.4, 0.5) is 0 Å².